The van der Waals surface area contributed by atoms with Crippen LogP contribution >= 0.6 is 7.82 Å². The van der Waals surface area contributed by atoms with Crippen molar-refractivity contribution in [3.63, 3.8) is 0 Å². The standard InChI is InChI=1S/Fe.2Na.H3O4P.2H/c;;;1-5(2,3)4;;/h;;;(H3,1,2,3,4);;/q;2*+1;;2*-1. The van der Waals surface area contributed by atoms with Crippen molar-refractivity contribution < 1.29 is 98.3 Å². The molecule has 0 saturated carbocycles. The molecule has 0 aromatic heterocycles. The van der Waals surface area contributed by atoms with Gasteiger partial charge >= 0.3 is 66.9 Å². The van der Waals surface area contributed by atoms with Crippen molar-refractivity contribution in [3.05, 3.63) is 0 Å². The number of rotatable bonds is 0. The first kappa shape index (κ1) is 22.4. The molecule has 8 heavy (non-hydrogen) atoms. The van der Waals surface area contributed by atoms with Gasteiger partial charge in [0, 0.05) is 17.1 Å². The Morgan fingerprint density at radius 2 is 1.12 bits per heavy atom. The molecule has 0 atom stereocenters. The van der Waals surface area contributed by atoms with E-state index in [4.69, 9.17) is 19.2 Å². The third kappa shape index (κ3) is 72.6. The first-order valence-electron chi connectivity index (χ1n) is 0.783. The summed E-state index contributed by atoms with van der Waals surface area (Å²) in [6.45, 7) is 0. The molecule has 8 heteroatoms. The Hall–Kier alpha value is 2.63. The molecule has 44 valence electrons. The normalized spacial score (nSPS) is 7.38. The molecule has 0 bridgehead atoms. The summed E-state index contributed by atoms with van der Waals surface area (Å²) in [6, 6.07) is 0. The van der Waals surface area contributed by atoms with Crippen LogP contribution in [-0.4, -0.2) is 14.7 Å². The van der Waals surface area contributed by atoms with Crippen molar-refractivity contribution in [1.82, 2.24) is 0 Å². The Morgan fingerprint density at radius 3 is 1.12 bits per heavy atom. The summed E-state index contributed by atoms with van der Waals surface area (Å²) in [5, 5.41) is 0. The quantitative estimate of drug-likeness (QED) is 0.269. The van der Waals surface area contributed by atoms with Gasteiger partial charge in [0.1, 0.15) is 0 Å². The van der Waals surface area contributed by atoms with Crippen molar-refractivity contribution in [1.29, 1.82) is 0 Å². The van der Waals surface area contributed by atoms with Crippen LogP contribution in [-0.2, 0) is 21.6 Å². The van der Waals surface area contributed by atoms with Gasteiger partial charge in [-0.15, -0.1) is 0 Å². The van der Waals surface area contributed by atoms with Crippen LogP contribution in [0.3, 0.4) is 0 Å². The summed E-state index contributed by atoms with van der Waals surface area (Å²) >= 11 is 0. The van der Waals surface area contributed by atoms with E-state index in [1.54, 1.807) is 0 Å². The van der Waals surface area contributed by atoms with E-state index >= 15 is 0 Å². The van der Waals surface area contributed by atoms with Gasteiger partial charge in [-0.3, -0.25) is 0 Å². The average molecular weight is 202 g/mol. The Bertz CT molecular complexity index is 67.4. The zero-order chi connectivity index (χ0) is 4.50. The second kappa shape index (κ2) is 9.63. The van der Waals surface area contributed by atoms with Crippen LogP contribution in [0.4, 0.5) is 0 Å². The van der Waals surface area contributed by atoms with Crippen LogP contribution in [0.5, 0.6) is 0 Å². The van der Waals surface area contributed by atoms with Crippen LogP contribution in [0.1, 0.15) is 2.85 Å². The smallest absolute Gasteiger partial charge is 1.00 e. The topological polar surface area (TPSA) is 77.8 Å². The molecular formula is H5FeNa2O4P. The fourth-order valence-electron chi connectivity index (χ4n) is 0. The summed E-state index contributed by atoms with van der Waals surface area (Å²) in [5.41, 5.74) is 0. The van der Waals surface area contributed by atoms with Crippen molar-refractivity contribution in [2.24, 2.45) is 0 Å². The van der Waals surface area contributed by atoms with E-state index in [-0.39, 0.29) is 79.0 Å². The van der Waals surface area contributed by atoms with E-state index in [0.717, 1.165) is 0 Å². The van der Waals surface area contributed by atoms with Crippen LogP contribution in [0, 0.1) is 0 Å². The summed E-state index contributed by atoms with van der Waals surface area (Å²) in [4.78, 5) is 21.6. The molecule has 0 aliphatic carbocycles. The fourth-order valence-corrected chi connectivity index (χ4v) is 0. The van der Waals surface area contributed by atoms with Crippen LogP contribution < -0.4 is 59.1 Å². The van der Waals surface area contributed by atoms with Gasteiger partial charge in [-0.2, -0.15) is 0 Å². The Balaban J connectivity index is -0.00000000800. The summed E-state index contributed by atoms with van der Waals surface area (Å²) < 4.78 is 8.88. The van der Waals surface area contributed by atoms with Crippen molar-refractivity contribution in [3.8, 4) is 0 Å². The second-order valence-corrected chi connectivity index (χ2v) is 1.54. The minimum atomic E-state index is -4.64. The van der Waals surface area contributed by atoms with Gasteiger partial charge in [-0.05, 0) is 0 Å². The van der Waals surface area contributed by atoms with E-state index in [9.17, 15) is 0 Å². The minimum Gasteiger partial charge on any atom is -1.00 e. The van der Waals surface area contributed by atoms with Gasteiger partial charge in [0.15, 0.2) is 0 Å². The van der Waals surface area contributed by atoms with Crippen molar-refractivity contribution in [2.75, 3.05) is 0 Å². The molecule has 0 aromatic carbocycles. The van der Waals surface area contributed by atoms with Gasteiger partial charge in [-0.25, -0.2) is 4.57 Å². The molecular weight excluding hydrogens is 197 g/mol. The zero-order valence-corrected chi connectivity index (χ0v) is 10.5. The zero-order valence-electron chi connectivity index (χ0n) is 6.55. The minimum absolute atomic E-state index is 0. The van der Waals surface area contributed by atoms with Gasteiger partial charge in [0.25, 0.3) is 0 Å². The van der Waals surface area contributed by atoms with Gasteiger partial charge in [0.05, 0.1) is 0 Å². The number of hydrogen-bond acceptors (Lipinski definition) is 1. The molecule has 4 nitrogen and oxygen atoms in total. The van der Waals surface area contributed by atoms with Gasteiger partial charge in [0.2, 0.25) is 0 Å². The molecule has 0 aliphatic heterocycles. The van der Waals surface area contributed by atoms with E-state index < -0.39 is 7.82 Å². The molecule has 0 aliphatic rings. The summed E-state index contributed by atoms with van der Waals surface area (Å²) in [6.07, 6.45) is 0. The molecule has 0 aromatic rings. The maximum atomic E-state index is 8.88. The maximum Gasteiger partial charge on any atom is 1.00 e. The third-order valence-electron chi connectivity index (χ3n) is 0. The predicted octanol–water partition coefficient (Wildman–Crippen LogP) is -6.70. The molecule has 0 heterocycles. The first-order chi connectivity index (χ1) is 2.00. The first-order valence-corrected chi connectivity index (χ1v) is 2.35. The second-order valence-electron chi connectivity index (χ2n) is 0.513. The largest absolute Gasteiger partial charge is 1.00 e. The fraction of sp³-hybridized carbons (Fsp3) is 0. The van der Waals surface area contributed by atoms with E-state index in [2.05, 4.69) is 0 Å². The molecule has 0 saturated heterocycles. The maximum absolute atomic E-state index is 8.88. The van der Waals surface area contributed by atoms with Crippen molar-refractivity contribution >= 4 is 7.82 Å². The molecule has 0 spiro atoms. The molecule has 0 unspecified atom stereocenters. The van der Waals surface area contributed by atoms with E-state index in [0.29, 0.717) is 0 Å². The average Bonchev–Trinajstić information content (AvgIpc) is 0.722. The Kier molecular flexibility index (Phi) is 27.0. The summed E-state index contributed by atoms with van der Waals surface area (Å²) in [7, 11) is -4.64. The SMILES string of the molecule is O=P(O)(O)O.[Fe].[H-].[H-].[Na+].[Na+]. The molecule has 0 rings (SSSR count). The molecule has 3 N–H and O–H groups in total. The van der Waals surface area contributed by atoms with Gasteiger partial charge < -0.3 is 17.5 Å². The van der Waals surface area contributed by atoms with E-state index in [1.165, 1.54) is 0 Å². The third-order valence-corrected chi connectivity index (χ3v) is 0. The molecule has 0 fully saturated rings. The molecule has 0 amide bonds. The Labute approximate surface area is 105 Å². The van der Waals surface area contributed by atoms with Gasteiger partial charge in [-0.1, -0.05) is 0 Å². The van der Waals surface area contributed by atoms with Crippen LogP contribution in [0.25, 0.3) is 0 Å². The van der Waals surface area contributed by atoms with Crippen LogP contribution in [0.2, 0.25) is 0 Å². The van der Waals surface area contributed by atoms with Crippen molar-refractivity contribution in [2.45, 2.75) is 0 Å². The number of phosphoric acid groups is 1. The monoisotopic (exact) mass is 202 g/mol. The molecule has 0 radical (unpaired) electrons. The predicted molar refractivity (Wildman–Crippen MR) is 16.5 cm³/mol. The number of hydrogen-bond donors (Lipinski definition) is 3. The van der Waals surface area contributed by atoms with E-state index in [1.807, 2.05) is 0 Å². The Morgan fingerprint density at radius 1 is 1.12 bits per heavy atom. The summed E-state index contributed by atoms with van der Waals surface area (Å²) in [5.74, 6) is 0. The van der Waals surface area contributed by atoms with Crippen LogP contribution in [0.15, 0.2) is 0 Å².